The summed E-state index contributed by atoms with van der Waals surface area (Å²) in [5.74, 6) is -3.25. The second kappa shape index (κ2) is 9.41. The van der Waals surface area contributed by atoms with Crippen molar-refractivity contribution in [3.8, 4) is 5.69 Å². The quantitative estimate of drug-likeness (QED) is 0.299. The molecule has 5 rings (SSSR count). The van der Waals surface area contributed by atoms with Crippen LogP contribution in [0.1, 0.15) is 21.6 Å². The zero-order chi connectivity index (χ0) is 29.1. The molecule has 3 heterocycles. The van der Waals surface area contributed by atoms with E-state index in [1.165, 1.54) is 11.4 Å². The molecular formula is C24H15F5N4O5S2. The summed E-state index contributed by atoms with van der Waals surface area (Å²) in [6, 6.07) is 5.86. The normalized spacial score (nSPS) is 12.3. The number of hydrogen-bond donors (Lipinski definition) is 2. The number of carbonyl (C=O) groups is 1. The third-order valence-electron chi connectivity index (χ3n) is 5.94. The number of H-pyrrole nitrogens is 1. The number of aromatic nitrogens is 3. The molecule has 0 aliphatic rings. The number of halogens is 5. The molecule has 0 aliphatic heterocycles. The van der Waals surface area contributed by atoms with E-state index in [0.717, 1.165) is 40.2 Å². The lowest BCUT2D eigenvalue weighted by atomic mass is 10.1. The van der Waals surface area contributed by atoms with E-state index in [1.807, 2.05) is 0 Å². The van der Waals surface area contributed by atoms with Gasteiger partial charge < -0.3 is 4.57 Å². The Morgan fingerprint density at radius 3 is 2.45 bits per heavy atom. The first kappa shape index (κ1) is 27.3. The van der Waals surface area contributed by atoms with Crippen molar-refractivity contribution in [2.24, 2.45) is 0 Å². The molecule has 2 aromatic carbocycles. The van der Waals surface area contributed by atoms with Gasteiger partial charge in [0.2, 0.25) is 10.0 Å². The number of nitrogens with zero attached hydrogens (tertiary/aromatic N) is 2. The van der Waals surface area contributed by atoms with Crippen LogP contribution < -0.4 is 16.0 Å². The van der Waals surface area contributed by atoms with E-state index in [2.05, 4.69) is 4.98 Å². The summed E-state index contributed by atoms with van der Waals surface area (Å²) in [6.45, 7) is -0.689. The van der Waals surface area contributed by atoms with Gasteiger partial charge in [-0.3, -0.25) is 14.6 Å². The maximum atomic E-state index is 14.6. The minimum atomic E-state index is -4.90. The summed E-state index contributed by atoms with van der Waals surface area (Å²) >= 11 is 0.999. The average molecular weight is 599 g/mol. The molecule has 0 aliphatic carbocycles. The number of carbonyl (C=O) groups excluding carboxylic acids is 1. The third-order valence-corrected chi connectivity index (χ3v) is 7.33. The maximum Gasteiger partial charge on any atom is 0.416 e. The Labute approximate surface area is 224 Å². The highest BCUT2D eigenvalue weighted by Crippen LogP contribution is 2.36. The van der Waals surface area contributed by atoms with Crippen molar-refractivity contribution in [1.29, 1.82) is 0 Å². The SMILES string of the molecule is CS(=O)(=O)NC(=O)c1c(-n2c(=O)[nH]c3sccc3c2=O)c2cc(C(F)(F)F)ccc2n1Cc1cc(F)ccc1F. The third kappa shape index (κ3) is 4.79. The molecule has 0 saturated heterocycles. The lowest BCUT2D eigenvalue weighted by molar-refractivity contribution is -0.137. The Balaban J connectivity index is 1.97. The fraction of sp³-hybridized carbons (Fsp3) is 0.125. The highest BCUT2D eigenvalue weighted by Gasteiger charge is 2.34. The van der Waals surface area contributed by atoms with Gasteiger partial charge in [0.15, 0.2) is 0 Å². The molecule has 0 bridgehead atoms. The van der Waals surface area contributed by atoms with Gasteiger partial charge in [0, 0.05) is 10.9 Å². The fourth-order valence-corrected chi connectivity index (χ4v) is 5.53. The Bertz CT molecular complexity index is 2070. The van der Waals surface area contributed by atoms with Crippen LogP contribution in [0.4, 0.5) is 22.0 Å². The summed E-state index contributed by atoms with van der Waals surface area (Å²) in [6.07, 6.45) is -4.27. The van der Waals surface area contributed by atoms with E-state index in [9.17, 15) is 44.8 Å². The number of sulfonamides is 1. The molecule has 16 heteroatoms. The van der Waals surface area contributed by atoms with Crippen molar-refractivity contribution in [2.75, 3.05) is 6.26 Å². The van der Waals surface area contributed by atoms with Crippen LogP contribution in [-0.4, -0.2) is 34.7 Å². The van der Waals surface area contributed by atoms with E-state index in [1.54, 1.807) is 4.72 Å². The van der Waals surface area contributed by atoms with Gasteiger partial charge >= 0.3 is 11.9 Å². The summed E-state index contributed by atoms with van der Waals surface area (Å²) in [5.41, 5.74) is -5.37. The fourth-order valence-electron chi connectivity index (χ4n) is 4.33. The molecular weight excluding hydrogens is 583 g/mol. The monoisotopic (exact) mass is 598 g/mol. The van der Waals surface area contributed by atoms with Crippen LogP contribution in [0, 0.1) is 11.6 Å². The largest absolute Gasteiger partial charge is 0.416 e. The van der Waals surface area contributed by atoms with Crippen LogP contribution >= 0.6 is 11.3 Å². The van der Waals surface area contributed by atoms with E-state index in [0.29, 0.717) is 23.0 Å². The molecule has 1 amide bonds. The van der Waals surface area contributed by atoms with Crippen molar-refractivity contribution >= 4 is 48.4 Å². The van der Waals surface area contributed by atoms with Gasteiger partial charge in [-0.15, -0.1) is 11.3 Å². The Hall–Kier alpha value is -4.31. The molecule has 40 heavy (non-hydrogen) atoms. The standard InChI is InChI=1S/C24H15F5N4O5S2/c1-40(37,38)31-20(34)19-18(33-22(35)14-6-7-39-21(14)30-23(33)36)15-9-12(24(27,28)29)2-5-17(15)32(19)10-11-8-13(25)3-4-16(11)26/h2-9H,10H2,1H3,(H,30,36)(H,31,34). The maximum absolute atomic E-state index is 14.6. The summed E-state index contributed by atoms with van der Waals surface area (Å²) < 4.78 is 96.7. The minimum absolute atomic E-state index is 0.0388. The zero-order valence-electron chi connectivity index (χ0n) is 20.0. The molecule has 0 unspecified atom stereocenters. The number of nitrogens with one attached hydrogen (secondary N) is 2. The van der Waals surface area contributed by atoms with Gasteiger partial charge in [0.05, 0.1) is 35.0 Å². The molecule has 3 aromatic heterocycles. The van der Waals surface area contributed by atoms with E-state index in [4.69, 9.17) is 0 Å². The van der Waals surface area contributed by atoms with Crippen LogP contribution in [0.15, 0.2) is 57.4 Å². The second-order valence-corrected chi connectivity index (χ2v) is 11.4. The van der Waals surface area contributed by atoms with E-state index >= 15 is 0 Å². The molecule has 0 spiro atoms. The van der Waals surface area contributed by atoms with Crippen molar-refractivity contribution in [3.63, 3.8) is 0 Å². The van der Waals surface area contributed by atoms with Crippen LogP contribution in [0.3, 0.4) is 0 Å². The molecule has 0 radical (unpaired) electrons. The Morgan fingerprint density at radius 2 is 1.77 bits per heavy atom. The molecule has 208 valence electrons. The highest BCUT2D eigenvalue weighted by atomic mass is 32.2. The number of fused-ring (bicyclic) bond motifs is 2. The predicted octanol–water partition coefficient (Wildman–Crippen LogP) is 3.73. The molecule has 5 aromatic rings. The number of aromatic amines is 1. The van der Waals surface area contributed by atoms with Gasteiger partial charge in [0.1, 0.15) is 22.2 Å². The van der Waals surface area contributed by atoms with Crippen molar-refractivity contribution in [2.45, 2.75) is 12.7 Å². The second-order valence-electron chi connectivity index (χ2n) is 8.69. The zero-order valence-corrected chi connectivity index (χ0v) is 21.6. The number of thiophene rings is 1. The van der Waals surface area contributed by atoms with Gasteiger partial charge in [-0.2, -0.15) is 13.2 Å². The number of rotatable bonds is 5. The number of hydrogen-bond acceptors (Lipinski definition) is 6. The van der Waals surface area contributed by atoms with E-state index in [-0.39, 0.29) is 21.3 Å². The lowest BCUT2D eigenvalue weighted by Gasteiger charge is -2.13. The topological polar surface area (TPSA) is 123 Å². The molecule has 9 nitrogen and oxygen atoms in total. The van der Waals surface area contributed by atoms with Gasteiger partial charge in [-0.1, -0.05) is 0 Å². The first-order chi connectivity index (χ1) is 18.7. The van der Waals surface area contributed by atoms with Crippen molar-refractivity contribution < 1.29 is 35.2 Å². The summed E-state index contributed by atoms with van der Waals surface area (Å²) in [7, 11) is -4.29. The first-order valence-corrected chi connectivity index (χ1v) is 13.8. The van der Waals surface area contributed by atoms with Crippen molar-refractivity contribution in [3.05, 3.63) is 97.1 Å². The molecule has 2 N–H and O–H groups in total. The molecule has 0 saturated carbocycles. The van der Waals surface area contributed by atoms with Crippen LogP contribution in [0.2, 0.25) is 0 Å². The number of alkyl halides is 3. The number of benzene rings is 2. The van der Waals surface area contributed by atoms with Gasteiger partial charge in [-0.25, -0.2) is 31.3 Å². The summed E-state index contributed by atoms with van der Waals surface area (Å²) in [4.78, 5) is 42.5. The Kier molecular flexibility index (Phi) is 6.41. The summed E-state index contributed by atoms with van der Waals surface area (Å²) in [5, 5.41) is 0.983. The van der Waals surface area contributed by atoms with Crippen LogP contribution in [-0.2, 0) is 22.7 Å². The number of amides is 1. The first-order valence-electron chi connectivity index (χ1n) is 11.1. The van der Waals surface area contributed by atoms with Crippen LogP contribution in [0.25, 0.3) is 26.8 Å². The average Bonchev–Trinajstić information content (AvgIpc) is 3.43. The smallest absolute Gasteiger partial charge is 0.330 e. The van der Waals surface area contributed by atoms with Gasteiger partial charge in [0.25, 0.3) is 11.5 Å². The van der Waals surface area contributed by atoms with Gasteiger partial charge in [-0.05, 0) is 47.8 Å². The molecule has 0 fully saturated rings. The Morgan fingerprint density at radius 1 is 1.05 bits per heavy atom. The van der Waals surface area contributed by atoms with E-state index < -0.39 is 73.9 Å². The van der Waals surface area contributed by atoms with Crippen LogP contribution in [0.5, 0.6) is 0 Å². The van der Waals surface area contributed by atoms with Crippen molar-refractivity contribution in [1.82, 2.24) is 18.8 Å². The lowest BCUT2D eigenvalue weighted by Crippen LogP contribution is -2.37. The minimum Gasteiger partial charge on any atom is -0.330 e. The predicted molar refractivity (Wildman–Crippen MR) is 136 cm³/mol. The highest BCUT2D eigenvalue weighted by molar-refractivity contribution is 7.89. The molecule has 0 atom stereocenters.